The summed E-state index contributed by atoms with van der Waals surface area (Å²) in [5, 5.41) is 0. The molecule has 0 amide bonds. The molecule has 1 aliphatic carbocycles. The first-order chi connectivity index (χ1) is 9.80. The normalized spacial score (nSPS) is 18.1. The van der Waals surface area contributed by atoms with Crippen molar-refractivity contribution < 1.29 is 8.42 Å². The number of hydrogen-bond acceptors (Lipinski definition) is 2. The molecular formula is C15H21Br2NO2S. The molecule has 1 aromatic carbocycles. The third kappa shape index (κ3) is 3.89. The highest BCUT2D eigenvalue weighted by molar-refractivity contribution is 9.11. The minimum Gasteiger partial charge on any atom is -0.211 e. The quantitative estimate of drug-likeness (QED) is 0.719. The van der Waals surface area contributed by atoms with Crippen LogP contribution in [-0.2, 0) is 10.0 Å². The zero-order valence-corrected chi connectivity index (χ0v) is 16.4. The van der Waals surface area contributed by atoms with E-state index >= 15 is 0 Å². The molecule has 1 N–H and O–H groups in total. The van der Waals surface area contributed by atoms with Crippen LogP contribution in [-0.4, -0.2) is 15.0 Å². The minimum atomic E-state index is -3.49. The van der Waals surface area contributed by atoms with E-state index in [-0.39, 0.29) is 5.41 Å². The Morgan fingerprint density at radius 2 is 1.81 bits per heavy atom. The zero-order valence-electron chi connectivity index (χ0n) is 12.4. The highest BCUT2D eigenvalue weighted by Crippen LogP contribution is 2.40. The van der Waals surface area contributed by atoms with Crippen molar-refractivity contribution in [1.29, 1.82) is 0 Å². The molecule has 0 unspecified atom stereocenters. The van der Waals surface area contributed by atoms with Crippen molar-refractivity contribution in [2.45, 2.75) is 50.8 Å². The average Bonchev–Trinajstić information content (AvgIpc) is 2.90. The molecule has 0 spiro atoms. The van der Waals surface area contributed by atoms with Crippen LogP contribution in [0.5, 0.6) is 0 Å². The van der Waals surface area contributed by atoms with Crippen molar-refractivity contribution in [3.63, 3.8) is 0 Å². The van der Waals surface area contributed by atoms with Gasteiger partial charge in [-0.15, -0.1) is 0 Å². The van der Waals surface area contributed by atoms with Crippen LogP contribution in [0, 0.1) is 12.3 Å². The van der Waals surface area contributed by atoms with Crippen LogP contribution in [0.1, 0.15) is 44.6 Å². The van der Waals surface area contributed by atoms with Crippen molar-refractivity contribution in [3.8, 4) is 0 Å². The highest BCUT2D eigenvalue weighted by Gasteiger charge is 2.33. The molecule has 0 atom stereocenters. The lowest BCUT2D eigenvalue weighted by molar-refractivity contribution is 0.285. The first kappa shape index (κ1) is 17.4. The summed E-state index contributed by atoms with van der Waals surface area (Å²) in [5.74, 6) is 0. The Kier molecular flexibility index (Phi) is 5.55. The summed E-state index contributed by atoms with van der Waals surface area (Å²) in [6, 6.07) is 3.48. The summed E-state index contributed by atoms with van der Waals surface area (Å²) in [6.07, 6.45) is 5.66. The molecule has 0 heterocycles. The van der Waals surface area contributed by atoms with E-state index in [9.17, 15) is 8.42 Å². The van der Waals surface area contributed by atoms with Crippen LogP contribution in [0.25, 0.3) is 0 Å². The molecular weight excluding hydrogens is 418 g/mol. The summed E-state index contributed by atoms with van der Waals surface area (Å²) in [5.41, 5.74) is 1.14. The molecule has 6 heteroatoms. The minimum absolute atomic E-state index is 0.140. The molecule has 0 aliphatic heterocycles. The fourth-order valence-electron chi connectivity index (χ4n) is 2.94. The van der Waals surface area contributed by atoms with Crippen molar-refractivity contribution >= 4 is 41.9 Å². The predicted octanol–water partition coefficient (Wildman–Crippen LogP) is 4.77. The van der Waals surface area contributed by atoms with Crippen molar-refractivity contribution in [1.82, 2.24) is 4.72 Å². The highest BCUT2D eigenvalue weighted by atomic mass is 79.9. The Morgan fingerprint density at radius 1 is 1.19 bits per heavy atom. The van der Waals surface area contributed by atoms with E-state index in [2.05, 4.69) is 43.5 Å². The molecule has 118 valence electrons. The van der Waals surface area contributed by atoms with E-state index in [0.717, 1.165) is 29.3 Å². The van der Waals surface area contributed by atoms with Crippen LogP contribution >= 0.6 is 31.9 Å². The van der Waals surface area contributed by atoms with Crippen LogP contribution in [0.3, 0.4) is 0 Å². The Labute approximate surface area is 144 Å². The van der Waals surface area contributed by atoms with Gasteiger partial charge in [0.05, 0.1) is 4.90 Å². The maximum Gasteiger partial charge on any atom is 0.241 e. The lowest BCUT2D eigenvalue weighted by Crippen LogP contribution is -2.35. The SMILES string of the molecule is CCC1(CNS(=O)(=O)c2cc(Br)c(C)cc2Br)CCCC1. The molecule has 1 aromatic rings. The topological polar surface area (TPSA) is 46.2 Å². The van der Waals surface area contributed by atoms with Gasteiger partial charge < -0.3 is 0 Å². The van der Waals surface area contributed by atoms with Crippen molar-refractivity contribution in [3.05, 3.63) is 26.6 Å². The summed E-state index contributed by atoms with van der Waals surface area (Å²) >= 11 is 6.76. The van der Waals surface area contributed by atoms with E-state index in [1.54, 1.807) is 6.07 Å². The summed E-state index contributed by atoms with van der Waals surface area (Å²) in [4.78, 5) is 0.296. The van der Waals surface area contributed by atoms with Gasteiger partial charge in [-0.3, -0.25) is 0 Å². The van der Waals surface area contributed by atoms with Gasteiger partial charge in [-0.2, -0.15) is 0 Å². The van der Waals surface area contributed by atoms with Crippen molar-refractivity contribution in [2.75, 3.05) is 6.54 Å². The maximum atomic E-state index is 12.6. The first-order valence-electron chi connectivity index (χ1n) is 7.25. The fraction of sp³-hybridized carbons (Fsp3) is 0.600. The largest absolute Gasteiger partial charge is 0.241 e. The third-order valence-electron chi connectivity index (χ3n) is 4.55. The number of hydrogen-bond donors (Lipinski definition) is 1. The number of benzene rings is 1. The van der Waals surface area contributed by atoms with E-state index in [4.69, 9.17) is 0 Å². The van der Waals surface area contributed by atoms with Crippen LogP contribution in [0.15, 0.2) is 26.0 Å². The van der Waals surface area contributed by atoms with E-state index in [1.807, 2.05) is 13.0 Å². The standard InChI is InChI=1S/C15H21Br2NO2S/c1-3-15(6-4-5-7-15)10-18-21(19,20)14-9-12(16)11(2)8-13(14)17/h8-9,18H,3-7,10H2,1-2H3. The zero-order chi connectivity index (χ0) is 15.7. The second-order valence-electron chi connectivity index (χ2n) is 5.92. The summed E-state index contributed by atoms with van der Waals surface area (Å²) in [6.45, 7) is 4.62. The number of aryl methyl sites for hydroxylation is 1. The summed E-state index contributed by atoms with van der Waals surface area (Å²) < 4.78 is 29.4. The van der Waals surface area contributed by atoms with Gasteiger partial charge >= 0.3 is 0 Å². The second-order valence-corrected chi connectivity index (χ2v) is 9.36. The Hall–Kier alpha value is 0.0900. The Balaban J connectivity index is 2.21. The lowest BCUT2D eigenvalue weighted by atomic mass is 9.84. The molecule has 0 radical (unpaired) electrons. The van der Waals surface area contributed by atoms with Crippen LogP contribution < -0.4 is 4.72 Å². The van der Waals surface area contributed by atoms with Gasteiger partial charge in [0, 0.05) is 15.5 Å². The fourth-order valence-corrected chi connectivity index (χ4v) is 5.77. The van der Waals surface area contributed by atoms with Crippen LogP contribution in [0.2, 0.25) is 0 Å². The third-order valence-corrected chi connectivity index (χ3v) is 7.77. The summed E-state index contributed by atoms with van der Waals surface area (Å²) in [7, 11) is -3.49. The van der Waals surface area contributed by atoms with Gasteiger partial charge in [0.1, 0.15) is 0 Å². The van der Waals surface area contributed by atoms with E-state index in [0.29, 0.717) is 15.9 Å². The van der Waals surface area contributed by atoms with Gasteiger partial charge in [0.15, 0.2) is 0 Å². The molecule has 1 aliphatic rings. The molecule has 21 heavy (non-hydrogen) atoms. The Bertz CT molecular complexity index is 623. The molecule has 0 saturated heterocycles. The first-order valence-corrected chi connectivity index (χ1v) is 10.3. The monoisotopic (exact) mass is 437 g/mol. The molecule has 0 bridgehead atoms. The van der Waals surface area contributed by atoms with E-state index < -0.39 is 10.0 Å². The predicted molar refractivity (Wildman–Crippen MR) is 93.0 cm³/mol. The molecule has 1 saturated carbocycles. The second kappa shape index (κ2) is 6.69. The van der Waals surface area contributed by atoms with Crippen LogP contribution in [0.4, 0.5) is 0 Å². The molecule has 1 fully saturated rings. The van der Waals surface area contributed by atoms with Crippen molar-refractivity contribution in [2.24, 2.45) is 5.41 Å². The average molecular weight is 439 g/mol. The van der Waals surface area contributed by atoms with Gasteiger partial charge in [-0.1, -0.05) is 35.7 Å². The smallest absolute Gasteiger partial charge is 0.211 e. The van der Waals surface area contributed by atoms with Gasteiger partial charge in [-0.25, -0.2) is 13.1 Å². The number of sulfonamides is 1. The molecule has 0 aromatic heterocycles. The van der Waals surface area contributed by atoms with E-state index in [1.165, 1.54) is 12.8 Å². The number of rotatable bonds is 5. The maximum absolute atomic E-state index is 12.6. The van der Waals surface area contributed by atoms with Gasteiger partial charge in [0.25, 0.3) is 0 Å². The number of nitrogens with one attached hydrogen (secondary N) is 1. The number of halogens is 2. The molecule has 3 nitrogen and oxygen atoms in total. The lowest BCUT2D eigenvalue weighted by Gasteiger charge is -2.27. The van der Waals surface area contributed by atoms with Gasteiger partial charge in [0.2, 0.25) is 10.0 Å². The molecule has 2 rings (SSSR count). The van der Waals surface area contributed by atoms with Gasteiger partial charge in [-0.05, 0) is 65.2 Å². The Morgan fingerprint density at radius 3 is 2.38 bits per heavy atom.